The highest BCUT2D eigenvalue weighted by molar-refractivity contribution is 5.85. The number of fused-ring (bicyclic) bond motifs is 2. The highest BCUT2D eigenvalue weighted by Crippen LogP contribution is 2.33. The fourth-order valence-corrected chi connectivity index (χ4v) is 2.93. The highest BCUT2D eigenvalue weighted by Gasteiger charge is 2.21. The molecule has 0 saturated carbocycles. The summed E-state index contributed by atoms with van der Waals surface area (Å²) in [7, 11) is 0. The van der Waals surface area contributed by atoms with Gasteiger partial charge in [-0.1, -0.05) is 11.6 Å². The van der Waals surface area contributed by atoms with Gasteiger partial charge in [0.25, 0.3) is 0 Å². The summed E-state index contributed by atoms with van der Waals surface area (Å²) in [5, 5.41) is 1.25. The summed E-state index contributed by atoms with van der Waals surface area (Å²) in [5.41, 5.74) is 12.6. The van der Waals surface area contributed by atoms with E-state index in [1.54, 1.807) is 0 Å². The molecule has 2 aromatic rings. The summed E-state index contributed by atoms with van der Waals surface area (Å²) in [6.45, 7) is 4.20. The van der Waals surface area contributed by atoms with Crippen LogP contribution in [0.3, 0.4) is 0 Å². The molecule has 1 atom stereocenters. The molecule has 0 amide bonds. The van der Waals surface area contributed by atoms with Crippen molar-refractivity contribution in [2.75, 3.05) is 0 Å². The third-order valence-electron chi connectivity index (χ3n) is 3.67. The Hall–Kier alpha value is -1.41. The van der Waals surface area contributed by atoms with Crippen molar-refractivity contribution < 1.29 is 0 Å². The minimum atomic E-state index is 0.0918. The Balaban J connectivity index is 2.41. The van der Waals surface area contributed by atoms with E-state index in [1.807, 2.05) is 0 Å². The van der Waals surface area contributed by atoms with Gasteiger partial charge in [0.05, 0.1) is 5.52 Å². The van der Waals surface area contributed by atoms with Crippen molar-refractivity contribution in [2.24, 2.45) is 5.73 Å². The number of rotatable bonds is 1. The van der Waals surface area contributed by atoms with Crippen LogP contribution in [-0.4, -0.2) is 4.98 Å². The van der Waals surface area contributed by atoms with E-state index in [0.717, 1.165) is 18.4 Å². The molecule has 1 heterocycles. The Labute approximate surface area is 102 Å². The quantitative estimate of drug-likeness (QED) is 0.811. The smallest absolute Gasteiger partial charge is 0.0709 e. The first kappa shape index (κ1) is 10.7. The number of pyridine rings is 1. The maximum Gasteiger partial charge on any atom is 0.0709 e. The van der Waals surface area contributed by atoms with Crippen molar-refractivity contribution in [3.63, 3.8) is 0 Å². The van der Waals surface area contributed by atoms with Crippen LogP contribution in [0.1, 0.15) is 41.8 Å². The molecule has 0 radical (unpaired) electrons. The van der Waals surface area contributed by atoms with E-state index < -0.39 is 0 Å². The van der Waals surface area contributed by atoms with Crippen molar-refractivity contribution in [2.45, 2.75) is 39.2 Å². The number of hydrogen-bond donors (Lipinski definition) is 1. The summed E-state index contributed by atoms with van der Waals surface area (Å²) in [6.07, 6.45) is 3.47. The molecule has 0 fully saturated rings. The molecule has 2 nitrogen and oxygen atoms in total. The van der Waals surface area contributed by atoms with E-state index in [-0.39, 0.29) is 6.04 Å². The normalized spacial score (nSPS) is 16.2. The molecular formula is C15H18N2. The summed E-state index contributed by atoms with van der Waals surface area (Å²) in [5.74, 6) is 0. The Morgan fingerprint density at radius 1 is 1.29 bits per heavy atom. The zero-order chi connectivity index (χ0) is 12.0. The fourth-order valence-electron chi connectivity index (χ4n) is 2.93. The lowest BCUT2D eigenvalue weighted by molar-refractivity contribution is 0.806. The Kier molecular flexibility index (Phi) is 2.40. The third-order valence-corrected chi connectivity index (χ3v) is 3.67. The molecule has 1 aliphatic carbocycles. The second kappa shape index (κ2) is 3.81. The molecule has 2 N–H and O–H groups in total. The largest absolute Gasteiger partial charge is 0.324 e. The SMILES string of the molecule is Cc1ccc2nc3c(c(C(C)N)c2c1)CCC3. The molecule has 1 aromatic carbocycles. The van der Waals surface area contributed by atoms with Gasteiger partial charge in [-0.3, -0.25) is 4.98 Å². The van der Waals surface area contributed by atoms with Crippen molar-refractivity contribution in [1.29, 1.82) is 0 Å². The van der Waals surface area contributed by atoms with Gasteiger partial charge in [-0.15, -0.1) is 0 Å². The van der Waals surface area contributed by atoms with Crippen molar-refractivity contribution >= 4 is 10.9 Å². The predicted octanol–water partition coefficient (Wildman–Crippen LogP) is 3.05. The van der Waals surface area contributed by atoms with Crippen molar-refractivity contribution in [3.05, 3.63) is 40.6 Å². The van der Waals surface area contributed by atoms with E-state index >= 15 is 0 Å². The van der Waals surface area contributed by atoms with Crippen LogP contribution in [0.5, 0.6) is 0 Å². The molecule has 0 aliphatic heterocycles. The lowest BCUT2D eigenvalue weighted by atomic mass is 9.95. The van der Waals surface area contributed by atoms with Gasteiger partial charge in [-0.2, -0.15) is 0 Å². The first-order chi connectivity index (χ1) is 8.16. The predicted molar refractivity (Wildman–Crippen MR) is 71.1 cm³/mol. The van der Waals surface area contributed by atoms with Crippen LogP contribution in [0.15, 0.2) is 18.2 Å². The van der Waals surface area contributed by atoms with Gasteiger partial charge >= 0.3 is 0 Å². The van der Waals surface area contributed by atoms with Gasteiger partial charge in [-0.05, 0) is 56.4 Å². The van der Waals surface area contributed by atoms with Gasteiger partial charge in [-0.25, -0.2) is 0 Å². The summed E-state index contributed by atoms with van der Waals surface area (Å²) < 4.78 is 0. The highest BCUT2D eigenvalue weighted by atomic mass is 14.7. The van der Waals surface area contributed by atoms with Crippen LogP contribution >= 0.6 is 0 Å². The fraction of sp³-hybridized carbons (Fsp3) is 0.400. The number of benzene rings is 1. The molecule has 1 aliphatic rings. The number of nitrogens with two attached hydrogens (primary N) is 1. The average Bonchev–Trinajstić information content (AvgIpc) is 2.72. The molecule has 1 unspecified atom stereocenters. The molecule has 17 heavy (non-hydrogen) atoms. The number of nitrogens with zero attached hydrogens (tertiary/aromatic N) is 1. The first-order valence-electron chi connectivity index (χ1n) is 6.34. The van der Waals surface area contributed by atoms with Crippen LogP contribution in [0, 0.1) is 6.92 Å². The number of aryl methyl sites for hydroxylation is 2. The molecule has 2 heteroatoms. The zero-order valence-electron chi connectivity index (χ0n) is 10.5. The van der Waals surface area contributed by atoms with Gasteiger partial charge in [0.2, 0.25) is 0 Å². The maximum absolute atomic E-state index is 6.18. The van der Waals surface area contributed by atoms with Crippen LogP contribution in [-0.2, 0) is 12.8 Å². The third kappa shape index (κ3) is 1.64. The molecule has 0 spiro atoms. The molecule has 0 saturated heterocycles. The van der Waals surface area contributed by atoms with E-state index in [0.29, 0.717) is 0 Å². The van der Waals surface area contributed by atoms with Crippen molar-refractivity contribution in [3.8, 4) is 0 Å². The van der Waals surface area contributed by atoms with E-state index in [1.165, 1.54) is 34.2 Å². The van der Waals surface area contributed by atoms with Gasteiger partial charge in [0.15, 0.2) is 0 Å². The van der Waals surface area contributed by atoms with Crippen LogP contribution in [0.25, 0.3) is 10.9 Å². The van der Waals surface area contributed by atoms with Gasteiger partial charge in [0.1, 0.15) is 0 Å². The Morgan fingerprint density at radius 3 is 2.88 bits per heavy atom. The van der Waals surface area contributed by atoms with Crippen LogP contribution in [0.4, 0.5) is 0 Å². The number of hydrogen-bond acceptors (Lipinski definition) is 2. The Morgan fingerprint density at radius 2 is 2.12 bits per heavy atom. The van der Waals surface area contributed by atoms with E-state index in [2.05, 4.69) is 32.0 Å². The minimum absolute atomic E-state index is 0.0918. The maximum atomic E-state index is 6.18. The zero-order valence-corrected chi connectivity index (χ0v) is 10.5. The monoisotopic (exact) mass is 226 g/mol. The van der Waals surface area contributed by atoms with E-state index in [9.17, 15) is 0 Å². The molecule has 0 bridgehead atoms. The molecule has 1 aromatic heterocycles. The van der Waals surface area contributed by atoms with Gasteiger partial charge in [0, 0.05) is 17.1 Å². The Bertz CT molecular complexity index is 585. The van der Waals surface area contributed by atoms with Gasteiger partial charge < -0.3 is 5.73 Å². The lowest BCUT2D eigenvalue weighted by Gasteiger charge is -2.15. The topological polar surface area (TPSA) is 38.9 Å². The number of aromatic nitrogens is 1. The standard InChI is InChI=1S/C15H18N2/c1-9-6-7-14-12(8-9)15(10(2)16)11-4-3-5-13(11)17-14/h6-8,10H,3-5,16H2,1-2H3. The summed E-state index contributed by atoms with van der Waals surface area (Å²) >= 11 is 0. The first-order valence-corrected chi connectivity index (χ1v) is 6.34. The lowest BCUT2D eigenvalue weighted by Crippen LogP contribution is -2.10. The summed E-state index contributed by atoms with van der Waals surface area (Å²) in [4.78, 5) is 4.78. The molecule has 88 valence electrons. The van der Waals surface area contributed by atoms with E-state index in [4.69, 9.17) is 10.7 Å². The molecular weight excluding hydrogens is 208 g/mol. The second-order valence-electron chi connectivity index (χ2n) is 5.11. The molecule has 3 rings (SSSR count). The summed E-state index contributed by atoms with van der Waals surface area (Å²) in [6, 6.07) is 6.56. The van der Waals surface area contributed by atoms with Crippen LogP contribution in [0.2, 0.25) is 0 Å². The van der Waals surface area contributed by atoms with Crippen LogP contribution < -0.4 is 5.73 Å². The van der Waals surface area contributed by atoms with Crippen molar-refractivity contribution in [1.82, 2.24) is 4.98 Å². The average molecular weight is 226 g/mol. The minimum Gasteiger partial charge on any atom is -0.324 e. The second-order valence-corrected chi connectivity index (χ2v) is 5.11.